The van der Waals surface area contributed by atoms with Gasteiger partial charge in [-0.1, -0.05) is 0 Å². The van der Waals surface area contributed by atoms with Crippen molar-refractivity contribution in [2.24, 2.45) is 0 Å². The molecular weight excluding hydrogens is 344 g/mol. The molecule has 1 unspecified atom stereocenters. The number of likely N-dealkylation sites (tertiary alicyclic amines) is 1. The van der Waals surface area contributed by atoms with Crippen LogP contribution < -0.4 is 0 Å². The summed E-state index contributed by atoms with van der Waals surface area (Å²) < 4.78 is 3.26. The van der Waals surface area contributed by atoms with E-state index in [9.17, 15) is 5.11 Å². The second-order valence-corrected chi connectivity index (χ2v) is 7.08. The molecule has 0 bridgehead atoms. The van der Waals surface area contributed by atoms with E-state index < -0.39 is 0 Å². The number of aromatic nitrogens is 3. The number of rotatable bonds is 5. The maximum Gasteiger partial charge on any atom is 0.177 e. The second kappa shape index (κ2) is 6.64. The van der Waals surface area contributed by atoms with Crippen molar-refractivity contribution < 1.29 is 5.11 Å². The highest BCUT2D eigenvalue weighted by atomic mass is 79.9. The van der Waals surface area contributed by atoms with Gasteiger partial charge in [-0.05, 0) is 61.7 Å². The third kappa shape index (κ3) is 3.05. The molecule has 0 saturated carbocycles. The van der Waals surface area contributed by atoms with Crippen molar-refractivity contribution in [3.8, 4) is 0 Å². The summed E-state index contributed by atoms with van der Waals surface area (Å²) in [6.07, 6.45) is 5.07. The van der Waals surface area contributed by atoms with Gasteiger partial charge in [-0.15, -0.1) is 0 Å². The van der Waals surface area contributed by atoms with E-state index in [1.165, 1.54) is 12.8 Å². The van der Waals surface area contributed by atoms with Crippen molar-refractivity contribution in [1.82, 2.24) is 19.4 Å². The molecule has 5 nitrogen and oxygen atoms in total. The molecule has 1 saturated heterocycles. The first-order valence-electron chi connectivity index (χ1n) is 7.95. The minimum Gasteiger partial charge on any atom is -0.396 e. The number of fused-ring (bicyclic) bond motifs is 1. The largest absolute Gasteiger partial charge is 0.396 e. The molecule has 1 fully saturated rings. The fraction of sp³-hybridized carbons (Fsp3) is 0.625. The minimum atomic E-state index is 0.258. The summed E-state index contributed by atoms with van der Waals surface area (Å²) in [6, 6.07) is 3.03. The number of aryl methyl sites for hydroxylation is 1. The van der Waals surface area contributed by atoms with Crippen LogP contribution in [0.4, 0.5) is 0 Å². The molecule has 0 spiro atoms. The molecule has 2 aromatic heterocycles. The molecule has 0 amide bonds. The number of aliphatic hydroxyl groups excluding tert-OH is 1. The van der Waals surface area contributed by atoms with E-state index in [2.05, 4.69) is 48.4 Å². The number of imidazole rings is 1. The van der Waals surface area contributed by atoms with E-state index in [0.717, 1.165) is 41.0 Å². The lowest BCUT2D eigenvalue weighted by Gasteiger charge is -2.31. The smallest absolute Gasteiger partial charge is 0.177 e. The summed E-state index contributed by atoms with van der Waals surface area (Å²) in [5.41, 5.74) is 1.90. The zero-order valence-electron chi connectivity index (χ0n) is 13.2. The summed E-state index contributed by atoms with van der Waals surface area (Å²) in [4.78, 5) is 11.5. The molecule has 0 aliphatic carbocycles. The molecule has 2 atom stereocenters. The highest BCUT2D eigenvalue weighted by molar-refractivity contribution is 9.10. The minimum absolute atomic E-state index is 0.258. The third-order valence-corrected chi connectivity index (χ3v) is 5.13. The van der Waals surface area contributed by atoms with Gasteiger partial charge >= 0.3 is 0 Å². The van der Waals surface area contributed by atoms with Crippen molar-refractivity contribution in [3.05, 3.63) is 22.6 Å². The number of hydrogen-bond acceptors (Lipinski definition) is 4. The van der Waals surface area contributed by atoms with Crippen LogP contribution in [0.2, 0.25) is 0 Å². The van der Waals surface area contributed by atoms with Gasteiger partial charge in [0.15, 0.2) is 5.65 Å². The van der Waals surface area contributed by atoms with Crippen LogP contribution in [0.3, 0.4) is 0 Å². The molecule has 3 rings (SSSR count). The van der Waals surface area contributed by atoms with E-state index in [0.29, 0.717) is 12.1 Å². The quantitative estimate of drug-likeness (QED) is 0.883. The average molecular weight is 367 g/mol. The van der Waals surface area contributed by atoms with E-state index >= 15 is 0 Å². The summed E-state index contributed by atoms with van der Waals surface area (Å²) in [7, 11) is 0. The van der Waals surface area contributed by atoms with E-state index in [1.807, 2.05) is 6.92 Å². The Morgan fingerprint density at radius 1 is 1.50 bits per heavy atom. The molecule has 3 heterocycles. The van der Waals surface area contributed by atoms with E-state index in [-0.39, 0.29) is 6.61 Å². The summed E-state index contributed by atoms with van der Waals surface area (Å²) >= 11 is 3.50. The lowest BCUT2D eigenvalue weighted by molar-refractivity contribution is 0.145. The van der Waals surface area contributed by atoms with Gasteiger partial charge in [-0.25, -0.2) is 9.97 Å². The Kier molecular flexibility index (Phi) is 4.80. The van der Waals surface area contributed by atoms with Crippen LogP contribution in [0, 0.1) is 6.92 Å². The Labute approximate surface area is 139 Å². The molecule has 2 aromatic rings. The van der Waals surface area contributed by atoms with Gasteiger partial charge < -0.3 is 9.67 Å². The molecule has 0 radical (unpaired) electrons. The van der Waals surface area contributed by atoms with Gasteiger partial charge in [0.1, 0.15) is 5.82 Å². The molecule has 1 N–H and O–H groups in total. The molecule has 0 aromatic carbocycles. The molecule has 6 heteroatoms. The number of aliphatic hydroxyl groups is 1. The van der Waals surface area contributed by atoms with E-state index in [1.54, 1.807) is 6.20 Å². The van der Waals surface area contributed by atoms with Gasteiger partial charge in [0.05, 0.1) is 5.52 Å². The van der Waals surface area contributed by atoms with Crippen LogP contribution in [0.5, 0.6) is 0 Å². The van der Waals surface area contributed by atoms with Crippen molar-refractivity contribution >= 4 is 27.1 Å². The third-order valence-electron chi connectivity index (χ3n) is 4.69. The Bertz CT molecular complexity index is 657. The second-order valence-electron chi connectivity index (χ2n) is 6.16. The first-order valence-corrected chi connectivity index (χ1v) is 8.74. The normalized spacial score (nSPS) is 20.8. The maximum absolute atomic E-state index is 9.20. The SMILES string of the molecule is Cc1nc2ncc(Br)cc2n1C[C@H]1CCCN1C(C)CCO. The fourth-order valence-corrected chi connectivity index (χ4v) is 3.84. The van der Waals surface area contributed by atoms with Gasteiger partial charge in [-0.3, -0.25) is 4.90 Å². The first kappa shape index (κ1) is 15.9. The summed E-state index contributed by atoms with van der Waals surface area (Å²) in [5.74, 6) is 1.02. The molecule has 1 aliphatic heterocycles. The summed E-state index contributed by atoms with van der Waals surface area (Å²) in [6.45, 7) is 6.58. The van der Waals surface area contributed by atoms with Crippen LogP contribution >= 0.6 is 15.9 Å². The average Bonchev–Trinajstić information content (AvgIpc) is 3.06. The fourth-order valence-electron chi connectivity index (χ4n) is 3.52. The Morgan fingerprint density at radius 3 is 3.09 bits per heavy atom. The first-order chi connectivity index (χ1) is 10.6. The highest BCUT2D eigenvalue weighted by Gasteiger charge is 2.29. The summed E-state index contributed by atoms with van der Waals surface area (Å²) in [5, 5.41) is 9.20. The Hall–Kier alpha value is -0.980. The predicted octanol–water partition coefficient (Wildman–Crippen LogP) is 2.74. The Morgan fingerprint density at radius 2 is 2.32 bits per heavy atom. The van der Waals surface area contributed by atoms with E-state index in [4.69, 9.17) is 0 Å². The van der Waals surface area contributed by atoms with Crippen molar-refractivity contribution in [2.75, 3.05) is 13.2 Å². The number of nitrogens with zero attached hydrogens (tertiary/aromatic N) is 4. The zero-order valence-corrected chi connectivity index (χ0v) is 14.8. The van der Waals surface area contributed by atoms with Gasteiger partial charge in [-0.2, -0.15) is 0 Å². The van der Waals surface area contributed by atoms with Gasteiger partial charge in [0.2, 0.25) is 0 Å². The lowest BCUT2D eigenvalue weighted by Crippen LogP contribution is -2.40. The van der Waals surface area contributed by atoms with Crippen LogP contribution in [0.25, 0.3) is 11.2 Å². The Balaban J connectivity index is 1.86. The number of pyridine rings is 1. The molecule has 1 aliphatic rings. The van der Waals surface area contributed by atoms with Crippen LogP contribution in [-0.4, -0.2) is 49.8 Å². The van der Waals surface area contributed by atoms with Crippen LogP contribution in [0.15, 0.2) is 16.7 Å². The van der Waals surface area contributed by atoms with Crippen molar-refractivity contribution in [3.63, 3.8) is 0 Å². The molecule has 120 valence electrons. The van der Waals surface area contributed by atoms with Crippen LogP contribution in [0.1, 0.15) is 32.0 Å². The van der Waals surface area contributed by atoms with Crippen molar-refractivity contribution in [1.29, 1.82) is 0 Å². The zero-order chi connectivity index (χ0) is 15.7. The van der Waals surface area contributed by atoms with Crippen molar-refractivity contribution in [2.45, 2.75) is 51.7 Å². The van der Waals surface area contributed by atoms with Gasteiger partial charge in [0.25, 0.3) is 0 Å². The molecule has 22 heavy (non-hydrogen) atoms. The number of hydrogen-bond donors (Lipinski definition) is 1. The lowest BCUT2D eigenvalue weighted by atomic mass is 10.1. The van der Waals surface area contributed by atoms with Gasteiger partial charge in [0, 0.05) is 35.9 Å². The standard InChI is InChI=1S/C16H23BrN4O/c1-11(5-7-22)20-6-3-4-14(20)10-21-12(2)19-16-15(21)8-13(17)9-18-16/h8-9,11,14,22H,3-7,10H2,1-2H3/t11?,14-/m1/s1. The molecular formula is C16H23BrN4O. The monoisotopic (exact) mass is 366 g/mol. The maximum atomic E-state index is 9.20. The predicted molar refractivity (Wildman–Crippen MR) is 90.9 cm³/mol. The highest BCUT2D eigenvalue weighted by Crippen LogP contribution is 2.26. The van der Waals surface area contributed by atoms with Crippen LogP contribution in [-0.2, 0) is 6.54 Å². The number of halogens is 1. The topological polar surface area (TPSA) is 54.2 Å².